The maximum Gasteiger partial charge on any atom is 0.242 e. The van der Waals surface area contributed by atoms with Gasteiger partial charge in [0.2, 0.25) is 11.8 Å². The third-order valence-electron chi connectivity index (χ3n) is 5.61. The Kier molecular flexibility index (Phi) is 9.77. The molecule has 0 unspecified atom stereocenters. The van der Waals surface area contributed by atoms with Crippen LogP contribution in [0.5, 0.6) is 0 Å². The lowest BCUT2D eigenvalue weighted by molar-refractivity contribution is -0.139. The molecule has 4 nitrogen and oxygen atoms in total. The van der Waals surface area contributed by atoms with Gasteiger partial charge in [-0.05, 0) is 48.3 Å². The maximum absolute atomic E-state index is 13.1. The van der Waals surface area contributed by atoms with Gasteiger partial charge >= 0.3 is 0 Å². The zero-order valence-corrected chi connectivity index (χ0v) is 19.7. The molecule has 31 heavy (non-hydrogen) atoms. The zero-order chi connectivity index (χ0) is 22.8. The third-order valence-corrected chi connectivity index (χ3v) is 5.61. The van der Waals surface area contributed by atoms with Crippen LogP contribution in [0.2, 0.25) is 0 Å². The highest BCUT2D eigenvalue weighted by Gasteiger charge is 2.25. The van der Waals surface area contributed by atoms with Crippen molar-refractivity contribution >= 4 is 11.8 Å². The SMILES string of the molecule is CC(C)CNC(=O)[C@H](C)N(CCc1ccccc1)C(=O)CCc1ccc(C(C)C)cc1. The van der Waals surface area contributed by atoms with Crippen molar-refractivity contribution in [1.29, 1.82) is 0 Å². The summed E-state index contributed by atoms with van der Waals surface area (Å²) >= 11 is 0. The summed E-state index contributed by atoms with van der Waals surface area (Å²) in [5.74, 6) is 0.806. The summed E-state index contributed by atoms with van der Waals surface area (Å²) in [6.45, 7) is 11.5. The predicted octanol–water partition coefficient (Wildman–Crippen LogP) is 4.97. The van der Waals surface area contributed by atoms with Crippen LogP contribution in [0.1, 0.15) is 63.6 Å². The van der Waals surface area contributed by atoms with Gasteiger partial charge in [0.05, 0.1) is 0 Å². The van der Waals surface area contributed by atoms with E-state index < -0.39 is 6.04 Å². The van der Waals surface area contributed by atoms with E-state index in [9.17, 15) is 9.59 Å². The Morgan fingerprint density at radius 2 is 1.45 bits per heavy atom. The normalized spacial score (nSPS) is 12.1. The Bertz CT molecular complexity index is 813. The summed E-state index contributed by atoms with van der Waals surface area (Å²) in [4.78, 5) is 27.6. The van der Waals surface area contributed by atoms with E-state index in [4.69, 9.17) is 0 Å². The molecule has 0 aliphatic rings. The van der Waals surface area contributed by atoms with Gasteiger partial charge in [-0.2, -0.15) is 0 Å². The number of hydrogen-bond donors (Lipinski definition) is 1. The van der Waals surface area contributed by atoms with Crippen LogP contribution in [0.15, 0.2) is 54.6 Å². The smallest absolute Gasteiger partial charge is 0.242 e. The molecule has 168 valence electrons. The fourth-order valence-electron chi connectivity index (χ4n) is 3.49. The average molecular weight is 423 g/mol. The summed E-state index contributed by atoms with van der Waals surface area (Å²) in [6, 6.07) is 18.1. The van der Waals surface area contributed by atoms with E-state index in [0.29, 0.717) is 37.8 Å². The van der Waals surface area contributed by atoms with Gasteiger partial charge in [-0.25, -0.2) is 0 Å². The minimum atomic E-state index is -0.488. The van der Waals surface area contributed by atoms with E-state index in [1.807, 2.05) is 25.1 Å². The molecule has 4 heteroatoms. The number of aryl methyl sites for hydroxylation is 1. The van der Waals surface area contributed by atoms with Gasteiger partial charge < -0.3 is 10.2 Å². The Balaban J connectivity index is 2.04. The van der Waals surface area contributed by atoms with Gasteiger partial charge in [-0.3, -0.25) is 9.59 Å². The van der Waals surface area contributed by atoms with E-state index in [1.54, 1.807) is 4.90 Å². The molecule has 0 bridgehead atoms. The fourth-order valence-corrected chi connectivity index (χ4v) is 3.49. The van der Waals surface area contributed by atoms with Crippen LogP contribution in [0, 0.1) is 5.92 Å². The van der Waals surface area contributed by atoms with Crippen molar-refractivity contribution in [3.63, 3.8) is 0 Å². The van der Waals surface area contributed by atoms with E-state index >= 15 is 0 Å². The molecule has 2 aromatic carbocycles. The third kappa shape index (κ3) is 8.20. The van der Waals surface area contributed by atoms with Crippen molar-refractivity contribution in [2.75, 3.05) is 13.1 Å². The highest BCUT2D eigenvalue weighted by molar-refractivity contribution is 5.87. The Morgan fingerprint density at radius 3 is 2.03 bits per heavy atom. The second-order valence-corrected chi connectivity index (χ2v) is 9.03. The van der Waals surface area contributed by atoms with Crippen molar-refractivity contribution in [3.05, 3.63) is 71.3 Å². The van der Waals surface area contributed by atoms with Gasteiger partial charge in [-0.15, -0.1) is 0 Å². The summed E-state index contributed by atoms with van der Waals surface area (Å²) < 4.78 is 0. The fraction of sp³-hybridized carbons (Fsp3) is 0.481. The van der Waals surface area contributed by atoms with Gasteiger partial charge in [-0.1, -0.05) is 82.3 Å². The van der Waals surface area contributed by atoms with E-state index in [1.165, 1.54) is 11.1 Å². The first kappa shape index (κ1) is 24.6. The van der Waals surface area contributed by atoms with Crippen LogP contribution in [-0.4, -0.2) is 35.8 Å². The molecule has 1 atom stereocenters. The molecule has 2 rings (SSSR count). The molecule has 0 saturated carbocycles. The van der Waals surface area contributed by atoms with Crippen LogP contribution in [0.3, 0.4) is 0 Å². The Morgan fingerprint density at radius 1 is 0.839 bits per heavy atom. The summed E-state index contributed by atoms with van der Waals surface area (Å²) in [5.41, 5.74) is 3.62. The van der Waals surface area contributed by atoms with Gasteiger partial charge in [0.15, 0.2) is 0 Å². The summed E-state index contributed by atoms with van der Waals surface area (Å²) in [7, 11) is 0. The molecule has 0 saturated heterocycles. The van der Waals surface area contributed by atoms with Crippen LogP contribution >= 0.6 is 0 Å². The number of carbonyl (C=O) groups excluding carboxylic acids is 2. The van der Waals surface area contributed by atoms with E-state index in [-0.39, 0.29) is 11.8 Å². The lowest BCUT2D eigenvalue weighted by atomic mass is 10.00. The topological polar surface area (TPSA) is 49.4 Å². The molecule has 0 spiro atoms. The molecular formula is C27H38N2O2. The predicted molar refractivity (Wildman–Crippen MR) is 128 cm³/mol. The molecule has 0 aliphatic heterocycles. The van der Waals surface area contributed by atoms with Crippen molar-refractivity contribution in [2.24, 2.45) is 5.92 Å². The highest BCUT2D eigenvalue weighted by Crippen LogP contribution is 2.16. The van der Waals surface area contributed by atoms with E-state index in [0.717, 1.165) is 12.0 Å². The van der Waals surface area contributed by atoms with Crippen molar-refractivity contribution in [3.8, 4) is 0 Å². The van der Waals surface area contributed by atoms with Gasteiger partial charge in [0, 0.05) is 19.5 Å². The Hall–Kier alpha value is -2.62. The highest BCUT2D eigenvalue weighted by atomic mass is 16.2. The van der Waals surface area contributed by atoms with Crippen LogP contribution in [-0.2, 0) is 22.4 Å². The molecule has 2 amide bonds. The number of amides is 2. The van der Waals surface area contributed by atoms with Crippen molar-refractivity contribution in [2.45, 2.75) is 65.8 Å². The number of carbonyl (C=O) groups is 2. The number of benzene rings is 2. The molecule has 0 heterocycles. The number of nitrogens with one attached hydrogen (secondary N) is 1. The van der Waals surface area contributed by atoms with Crippen LogP contribution in [0.4, 0.5) is 0 Å². The van der Waals surface area contributed by atoms with E-state index in [2.05, 4.69) is 69.4 Å². The molecule has 0 fully saturated rings. The number of hydrogen-bond acceptors (Lipinski definition) is 2. The average Bonchev–Trinajstić information content (AvgIpc) is 2.76. The minimum absolute atomic E-state index is 0.0241. The molecule has 0 radical (unpaired) electrons. The first-order valence-electron chi connectivity index (χ1n) is 11.5. The quantitative estimate of drug-likeness (QED) is 0.555. The summed E-state index contributed by atoms with van der Waals surface area (Å²) in [5, 5.41) is 2.97. The number of nitrogens with zero attached hydrogens (tertiary/aromatic N) is 1. The zero-order valence-electron chi connectivity index (χ0n) is 19.7. The minimum Gasteiger partial charge on any atom is -0.354 e. The lowest BCUT2D eigenvalue weighted by Crippen LogP contribution is -2.49. The first-order valence-corrected chi connectivity index (χ1v) is 11.5. The second-order valence-electron chi connectivity index (χ2n) is 9.03. The molecular weight excluding hydrogens is 384 g/mol. The first-order chi connectivity index (χ1) is 14.8. The Labute approximate surface area is 188 Å². The molecule has 1 N–H and O–H groups in total. The second kappa shape index (κ2) is 12.3. The van der Waals surface area contributed by atoms with Crippen molar-refractivity contribution in [1.82, 2.24) is 10.2 Å². The maximum atomic E-state index is 13.1. The van der Waals surface area contributed by atoms with Crippen LogP contribution in [0.25, 0.3) is 0 Å². The monoisotopic (exact) mass is 422 g/mol. The number of rotatable bonds is 11. The largest absolute Gasteiger partial charge is 0.354 e. The van der Waals surface area contributed by atoms with Gasteiger partial charge in [0.25, 0.3) is 0 Å². The molecule has 0 aliphatic carbocycles. The molecule has 0 aromatic heterocycles. The van der Waals surface area contributed by atoms with Gasteiger partial charge in [0.1, 0.15) is 6.04 Å². The standard InChI is InChI=1S/C27H38N2O2/c1-20(2)19-28-27(31)22(5)29(18-17-23-9-7-6-8-10-23)26(30)16-13-24-11-14-25(15-12-24)21(3)4/h6-12,14-15,20-22H,13,16-19H2,1-5H3,(H,28,31)/t22-/m0/s1. The molecule has 2 aromatic rings. The lowest BCUT2D eigenvalue weighted by Gasteiger charge is -2.29. The summed E-state index contributed by atoms with van der Waals surface area (Å²) in [6.07, 6.45) is 1.81. The van der Waals surface area contributed by atoms with Crippen molar-refractivity contribution < 1.29 is 9.59 Å². The van der Waals surface area contributed by atoms with Crippen LogP contribution < -0.4 is 5.32 Å².